The SMILES string of the molecule is CCNC(=O)C(O)[C@H](CCc1ccccc1)NC(=O)[C@H](CC(C)C)NC(=O)O. The lowest BCUT2D eigenvalue weighted by molar-refractivity contribution is -0.132. The van der Waals surface area contributed by atoms with Crippen molar-refractivity contribution >= 4 is 17.9 Å². The number of amides is 3. The highest BCUT2D eigenvalue weighted by atomic mass is 16.4. The third-order valence-corrected chi connectivity index (χ3v) is 4.24. The molecule has 0 aliphatic heterocycles. The molecule has 0 aliphatic carbocycles. The number of rotatable bonds is 11. The van der Waals surface area contributed by atoms with Crippen LogP contribution in [0.15, 0.2) is 30.3 Å². The van der Waals surface area contributed by atoms with Gasteiger partial charge in [-0.3, -0.25) is 9.59 Å². The van der Waals surface area contributed by atoms with Crippen LogP contribution in [0.25, 0.3) is 0 Å². The summed E-state index contributed by atoms with van der Waals surface area (Å²) in [6.07, 6.45) is -1.55. The molecule has 0 fully saturated rings. The van der Waals surface area contributed by atoms with Gasteiger partial charge in [0.15, 0.2) is 6.10 Å². The van der Waals surface area contributed by atoms with Crippen molar-refractivity contribution in [3.05, 3.63) is 35.9 Å². The Bertz CT molecular complexity index is 636. The molecule has 0 bridgehead atoms. The molecule has 0 saturated carbocycles. The Morgan fingerprint density at radius 2 is 1.68 bits per heavy atom. The average Bonchev–Trinajstić information content (AvgIpc) is 2.64. The zero-order valence-electron chi connectivity index (χ0n) is 16.6. The van der Waals surface area contributed by atoms with E-state index < -0.39 is 36.1 Å². The van der Waals surface area contributed by atoms with E-state index in [9.17, 15) is 19.5 Å². The predicted octanol–water partition coefficient (Wildman–Crippen LogP) is 1.28. The van der Waals surface area contributed by atoms with E-state index in [1.165, 1.54) is 0 Å². The van der Waals surface area contributed by atoms with Gasteiger partial charge in [-0.15, -0.1) is 0 Å². The zero-order chi connectivity index (χ0) is 21.1. The van der Waals surface area contributed by atoms with Crippen molar-refractivity contribution in [1.82, 2.24) is 16.0 Å². The van der Waals surface area contributed by atoms with Crippen molar-refractivity contribution in [3.63, 3.8) is 0 Å². The van der Waals surface area contributed by atoms with E-state index >= 15 is 0 Å². The third kappa shape index (κ3) is 8.39. The second-order valence-electron chi connectivity index (χ2n) is 7.11. The molecule has 3 atom stereocenters. The van der Waals surface area contributed by atoms with Crippen LogP contribution in [0, 0.1) is 5.92 Å². The standard InChI is InChI=1S/C20H31N3O5/c1-4-21-19(26)17(24)15(11-10-14-8-6-5-7-9-14)22-18(25)16(12-13(2)3)23-20(27)28/h5-9,13,15-17,23-24H,4,10-12H2,1-3H3,(H,21,26)(H,22,25)(H,27,28)/t15-,16-,17?/m0/s1. The van der Waals surface area contributed by atoms with Gasteiger partial charge in [0.2, 0.25) is 5.91 Å². The van der Waals surface area contributed by atoms with Gasteiger partial charge >= 0.3 is 6.09 Å². The summed E-state index contributed by atoms with van der Waals surface area (Å²) < 4.78 is 0. The smallest absolute Gasteiger partial charge is 0.405 e. The summed E-state index contributed by atoms with van der Waals surface area (Å²) in [6.45, 7) is 5.84. The van der Waals surface area contributed by atoms with Gasteiger partial charge in [0.1, 0.15) is 6.04 Å². The highest BCUT2D eigenvalue weighted by molar-refractivity contribution is 5.87. The van der Waals surface area contributed by atoms with Crippen LogP contribution in [0.3, 0.4) is 0 Å². The molecule has 3 amide bonds. The maximum Gasteiger partial charge on any atom is 0.405 e. The van der Waals surface area contributed by atoms with Crippen molar-refractivity contribution in [3.8, 4) is 0 Å². The van der Waals surface area contributed by atoms with Crippen LogP contribution in [0.1, 0.15) is 39.2 Å². The highest BCUT2D eigenvalue weighted by Crippen LogP contribution is 2.11. The van der Waals surface area contributed by atoms with Crippen LogP contribution < -0.4 is 16.0 Å². The molecule has 1 aromatic rings. The Balaban J connectivity index is 2.90. The molecule has 8 heteroatoms. The van der Waals surface area contributed by atoms with E-state index in [0.29, 0.717) is 25.8 Å². The van der Waals surface area contributed by atoms with E-state index in [1.807, 2.05) is 44.2 Å². The minimum atomic E-state index is -1.43. The van der Waals surface area contributed by atoms with Crippen molar-refractivity contribution in [2.75, 3.05) is 6.54 Å². The van der Waals surface area contributed by atoms with Crippen LogP contribution >= 0.6 is 0 Å². The Morgan fingerprint density at radius 1 is 1.04 bits per heavy atom. The molecular formula is C20H31N3O5. The Morgan fingerprint density at radius 3 is 2.21 bits per heavy atom. The quantitative estimate of drug-likeness (QED) is 0.387. The van der Waals surface area contributed by atoms with Crippen molar-refractivity contribution < 1.29 is 24.6 Å². The minimum absolute atomic E-state index is 0.0821. The summed E-state index contributed by atoms with van der Waals surface area (Å²) in [4.78, 5) is 35.7. The third-order valence-electron chi connectivity index (χ3n) is 4.24. The fourth-order valence-electron chi connectivity index (χ4n) is 2.87. The molecule has 1 unspecified atom stereocenters. The Labute approximate surface area is 165 Å². The van der Waals surface area contributed by atoms with Crippen molar-refractivity contribution in [2.45, 2.75) is 58.2 Å². The first-order valence-electron chi connectivity index (χ1n) is 9.54. The Hall–Kier alpha value is -2.61. The normalized spacial score (nSPS) is 14.0. The molecule has 0 heterocycles. The van der Waals surface area contributed by atoms with Crippen molar-refractivity contribution in [1.29, 1.82) is 0 Å². The summed E-state index contributed by atoms with van der Waals surface area (Å²) in [5, 5.41) is 26.8. The summed E-state index contributed by atoms with van der Waals surface area (Å²) >= 11 is 0. The van der Waals surface area contributed by atoms with Crippen LogP contribution in [-0.2, 0) is 16.0 Å². The second-order valence-corrected chi connectivity index (χ2v) is 7.11. The van der Waals surface area contributed by atoms with E-state index in [0.717, 1.165) is 5.56 Å². The minimum Gasteiger partial charge on any atom is -0.465 e. The van der Waals surface area contributed by atoms with Crippen LogP contribution in [0.5, 0.6) is 0 Å². The fourth-order valence-corrected chi connectivity index (χ4v) is 2.87. The summed E-state index contributed by atoms with van der Waals surface area (Å²) in [5.74, 6) is -1.05. The first-order chi connectivity index (χ1) is 13.2. The lowest BCUT2D eigenvalue weighted by Gasteiger charge is -2.26. The first-order valence-corrected chi connectivity index (χ1v) is 9.54. The van der Waals surface area contributed by atoms with E-state index in [2.05, 4.69) is 16.0 Å². The molecule has 5 N–H and O–H groups in total. The number of aliphatic hydroxyl groups is 1. The van der Waals surface area contributed by atoms with Gasteiger partial charge in [-0.25, -0.2) is 4.79 Å². The average molecular weight is 393 g/mol. The monoisotopic (exact) mass is 393 g/mol. The maximum atomic E-state index is 12.6. The number of aliphatic hydroxyl groups excluding tert-OH is 1. The Kier molecular flexibility index (Phi) is 10.0. The topological polar surface area (TPSA) is 128 Å². The van der Waals surface area contributed by atoms with Gasteiger partial charge < -0.3 is 26.2 Å². The van der Waals surface area contributed by atoms with Gasteiger partial charge in [-0.1, -0.05) is 44.2 Å². The molecule has 1 aromatic carbocycles. The molecular weight excluding hydrogens is 362 g/mol. The number of nitrogens with one attached hydrogen (secondary N) is 3. The molecule has 156 valence electrons. The molecule has 0 aromatic heterocycles. The van der Waals surface area contributed by atoms with Gasteiger partial charge in [-0.05, 0) is 37.7 Å². The maximum absolute atomic E-state index is 12.6. The van der Waals surface area contributed by atoms with Crippen molar-refractivity contribution in [2.24, 2.45) is 5.92 Å². The number of carboxylic acid groups (broad SMARTS) is 1. The van der Waals surface area contributed by atoms with Gasteiger partial charge in [-0.2, -0.15) is 0 Å². The van der Waals surface area contributed by atoms with Gasteiger partial charge in [0.05, 0.1) is 6.04 Å². The van der Waals surface area contributed by atoms with E-state index in [4.69, 9.17) is 5.11 Å². The number of carbonyl (C=O) groups is 3. The molecule has 0 radical (unpaired) electrons. The number of benzene rings is 1. The van der Waals surface area contributed by atoms with E-state index in [-0.39, 0.29) is 5.92 Å². The number of likely N-dealkylation sites (N-methyl/N-ethyl adjacent to an activating group) is 1. The zero-order valence-corrected chi connectivity index (χ0v) is 16.6. The number of hydrogen-bond donors (Lipinski definition) is 5. The molecule has 0 aliphatic rings. The highest BCUT2D eigenvalue weighted by Gasteiger charge is 2.30. The molecule has 28 heavy (non-hydrogen) atoms. The van der Waals surface area contributed by atoms with Crippen LogP contribution in [-0.4, -0.2) is 52.9 Å². The molecule has 0 spiro atoms. The van der Waals surface area contributed by atoms with Crippen LogP contribution in [0.2, 0.25) is 0 Å². The first kappa shape index (κ1) is 23.4. The summed E-state index contributed by atoms with van der Waals surface area (Å²) in [7, 11) is 0. The molecule has 8 nitrogen and oxygen atoms in total. The lowest BCUT2D eigenvalue weighted by Crippen LogP contribution is -2.55. The predicted molar refractivity (Wildman–Crippen MR) is 106 cm³/mol. The summed E-state index contributed by atoms with van der Waals surface area (Å²) in [6, 6.07) is 7.70. The van der Waals surface area contributed by atoms with Crippen LogP contribution in [0.4, 0.5) is 4.79 Å². The van der Waals surface area contributed by atoms with Gasteiger partial charge in [0, 0.05) is 6.54 Å². The fraction of sp³-hybridized carbons (Fsp3) is 0.550. The molecule has 1 rings (SSSR count). The molecule has 0 saturated heterocycles. The largest absolute Gasteiger partial charge is 0.465 e. The lowest BCUT2D eigenvalue weighted by atomic mass is 9.98. The van der Waals surface area contributed by atoms with E-state index in [1.54, 1.807) is 6.92 Å². The number of aryl methyl sites for hydroxylation is 1. The van der Waals surface area contributed by atoms with Gasteiger partial charge in [0.25, 0.3) is 5.91 Å². The number of hydrogen-bond acceptors (Lipinski definition) is 4. The summed E-state index contributed by atoms with van der Waals surface area (Å²) in [5.41, 5.74) is 1.01. The number of carbonyl (C=O) groups excluding carboxylic acids is 2. The second kappa shape index (κ2) is 12.0.